The third-order valence-electron chi connectivity index (χ3n) is 2.73. The van der Waals surface area contributed by atoms with Gasteiger partial charge in [-0.25, -0.2) is 0 Å². The van der Waals surface area contributed by atoms with Gasteiger partial charge >= 0.3 is 0 Å². The maximum absolute atomic E-state index is 9.73. The smallest absolute Gasteiger partial charge is 0.162 e. The van der Waals surface area contributed by atoms with E-state index in [1.165, 1.54) is 6.07 Å². The largest absolute Gasteiger partial charge is 0.504 e. The highest BCUT2D eigenvalue weighted by atomic mass is 79.9. The number of phenols is 2. The summed E-state index contributed by atoms with van der Waals surface area (Å²) in [6, 6.07) is 10.5. The molecule has 3 N–H and O–H groups in total. The summed E-state index contributed by atoms with van der Waals surface area (Å²) in [5.41, 5.74) is 1.42. The number of rotatable bonds is 4. The minimum Gasteiger partial charge on any atom is -0.504 e. The van der Waals surface area contributed by atoms with Gasteiger partial charge in [0.1, 0.15) is 5.75 Å². The summed E-state index contributed by atoms with van der Waals surface area (Å²) in [5, 5.41) is 22.3. The Bertz CT molecular complexity index is 587. The quantitative estimate of drug-likeness (QED) is 0.754. The highest BCUT2D eigenvalue weighted by molar-refractivity contribution is 9.10. The molecule has 2 aromatic rings. The third-order valence-corrected chi connectivity index (χ3v) is 3.22. The first-order valence-corrected chi connectivity index (χ1v) is 6.48. The van der Waals surface area contributed by atoms with Crippen LogP contribution in [0.1, 0.15) is 5.56 Å². The Kier molecular flexibility index (Phi) is 4.16. The molecule has 0 fully saturated rings. The molecule has 19 heavy (non-hydrogen) atoms. The second kappa shape index (κ2) is 5.84. The van der Waals surface area contributed by atoms with Crippen molar-refractivity contribution in [3.63, 3.8) is 0 Å². The van der Waals surface area contributed by atoms with Gasteiger partial charge in [-0.05, 0) is 24.3 Å². The van der Waals surface area contributed by atoms with Gasteiger partial charge in [0.2, 0.25) is 0 Å². The molecular formula is C14H14BrNO3. The molecule has 0 unspecified atom stereocenters. The Hall–Kier alpha value is -1.88. The topological polar surface area (TPSA) is 61.7 Å². The molecule has 0 saturated heterocycles. The van der Waals surface area contributed by atoms with Gasteiger partial charge in [-0.15, -0.1) is 0 Å². The van der Waals surface area contributed by atoms with Crippen LogP contribution in [0.15, 0.2) is 40.9 Å². The van der Waals surface area contributed by atoms with Crippen LogP contribution in [-0.4, -0.2) is 17.3 Å². The molecule has 0 saturated carbocycles. The molecule has 0 radical (unpaired) electrons. The van der Waals surface area contributed by atoms with Crippen LogP contribution in [0.3, 0.4) is 0 Å². The number of nitrogens with one attached hydrogen (secondary N) is 1. The van der Waals surface area contributed by atoms with Gasteiger partial charge in [0.05, 0.1) is 12.8 Å². The zero-order valence-electron chi connectivity index (χ0n) is 10.4. The van der Waals surface area contributed by atoms with E-state index >= 15 is 0 Å². The van der Waals surface area contributed by atoms with E-state index in [2.05, 4.69) is 21.2 Å². The molecule has 4 nitrogen and oxygen atoms in total. The number of methoxy groups -OCH3 is 1. The van der Waals surface area contributed by atoms with E-state index in [1.54, 1.807) is 19.2 Å². The van der Waals surface area contributed by atoms with E-state index in [-0.39, 0.29) is 11.5 Å². The molecule has 100 valence electrons. The highest BCUT2D eigenvalue weighted by Crippen LogP contribution is 2.31. The summed E-state index contributed by atoms with van der Waals surface area (Å²) in [6.07, 6.45) is 0. The maximum Gasteiger partial charge on any atom is 0.162 e. The molecule has 0 heterocycles. The van der Waals surface area contributed by atoms with E-state index in [4.69, 9.17) is 4.74 Å². The molecule has 0 aromatic heterocycles. The number of halogens is 1. The van der Waals surface area contributed by atoms with Crippen molar-refractivity contribution in [1.82, 2.24) is 0 Å². The van der Waals surface area contributed by atoms with E-state index < -0.39 is 0 Å². The number of ether oxygens (including phenoxy) is 1. The third kappa shape index (κ3) is 3.12. The molecule has 0 atom stereocenters. The van der Waals surface area contributed by atoms with Gasteiger partial charge in [-0.1, -0.05) is 28.1 Å². The van der Waals surface area contributed by atoms with E-state index in [0.29, 0.717) is 17.9 Å². The van der Waals surface area contributed by atoms with E-state index in [9.17, 15) is 10.2 Å². The van der Waals surface area contributed by atoms with Gasteiger partial charge in [-0.3, -0.25) is 0 Å². The van der Waals surface area contributed by atoms with Crippen molar-refractivity contribution in [3.8, 4) is 17.2 Å². The highest BCUT2D eigenvalue weighted by Gasteiger charge is 2.07. The van der Waals surface area contributed by atoms with Crippen LogP contribution in [0.25, 0.3) is 0 Å². The molecule has 0 amide bonds. The fourth-order valence-corrected chi connectivity index (χ4v) is 2.09. The lowest BCUT2D eigenvalue weighted by Gasteiger charge is -2.12. The predicted octanol–water partition coefficient (Wildman–Crippen LogP) is 3.48. The average molecular weight is 324 g/mol. The van der Waals surface area contributed by atoms with Crippen molar-refractivity contribution in [2.75, 3.05) is 12.4 Å². The zero-order chi connectivity index (χ0) is 13.8. The van der Waals surface area contributed by atoms with E-state index in [1.807, 2.05) is 18.2 Å². The maximum atomic E-state index is 9.73. The summed E-state index contributed by atoms with van der Waals surface area (Å²) in [6.45, 7) is 0.382. The molecule has 0 bridgehead atoms. The standard InChI is InChI=1S/C14H14BrNO3/c1-19-13-6-5-10(15)7-11(13)16-8-9-3-2-4-12(17)14(9)18/h2-7,16-18H,8H2,1H3. The van der Waals surface area contributed by atoms with Gasteiger partial charge in [-0.2, -0.15) is 0 Å². The molecule has 0 aliphatic carbocycles. The number of hydrogen-bond acceptors (Lipinski definition) is 4. The lowest BCUT2D eigenvalue weighted by molar-refractivity contribution is 0.399. The number of phenolic OH excluding ortho intramolecular Hbond substituents is 2. The van der Waals surface area contributed by atoms with Crippen LogP contribution in [0.5, 0.6) is 17.2 Å². The van der Waals surface area contributed by atoms with Crippen LogP contribution in [0, 0.1) is 0 Å². The minimum atomic E-state index is -0.125. The first-order valence-electron chi connectivity index (χ1n) is 5.69. The van der Waals surface area contributed by atoms with Gasteiger partial charge < -0.3 is 20.3 Å². The van der Waals surface area contributed by atoms with Crippen molar-refractivity contribution in [1.29, 1.82) is 0 Å². The summed E-state index contributed by atoms with van der Waals surface area (Å²) < 4.78 is 6.17. The first-order chi connectivity index (χ1) is 9.11. The van der Waals surface area contributed by atoms with Crippen molar-refractivity contribution in [2.45, 2.75) is 6.54 Å². The molecule has 2 rings (SSSR count). The van der Waals surface area contributed by atoms with Crippen LogP contribution >= 0.6 is 15.9 Å². The zero-order valence-corrected chi connectivity index (χ0v) is 11.9. The Balaban J connectivity index is 2.18. The number of para-hydroxylation sites is 1. The van der Waals surface area contributed by atoms with Crippen molar-refractivity contribution < 1.29 is 14.9 Å². The molecule has 0 aliphatic rings. The number of aromatic hydroxyl groups is 2. The fourth-order valence-electron chi connectivity index (χ4n) is 1.73. The van der Waals surface area contributed by atoms with Gasteiger partial charge in [0, 0.05) is 16.6 Å². The second-order valence-corrected chi connectivity index (χ2v) is 4.90. The lowest BCUT2D eigenvalue weighted by Crippen LogP contribution is -2.01. The molecule has 0 aliphatic heterocycles. The summed E-state index contributed by atoms with van der Waals surface area (Å²) >= 11 is 3.39. The normalized spacial score (nSPS) is 10.2. The number of benzene rings is 2. The van der Waals surface area contributed by atoms with Crippen LogP contribution in [0.4, 0.5) is 5.69 Å². The SMILES string of the molecule is COc1ccc(Br)cc1NCc1cccc(O)c1O. The second-order valence-electron chi connectivity index (χ2n) is 3.98. The molecule has 0 spiro atoms. The summed E-state index contributed by atoms with van der Waals surface area (Å²) in [7, 11) is 1.60. The lowest BCUT2D eigenvalue weighted by atomic mass is 10.2. The first kappa shape index (κ1) is 13.5. The summed E-state index contributed by atoms with van der Waals surface area (Å²) in [4.78, 5) is 0. The van der Waals surface area contributed by atoms with Crippen LogP contribution in [-0.2, 0) is 6.54 Å². The van der Waals surface area contributed by atoms with Gasteiger partial charge in [0.15, 0.2) is 11.5 Å². The van der Waals surface area contributed by atoms with Crippen molar-refractivity contribution in [3.05, 3.63) is 46.4 Å². The van der Waals surface area contributed by atoms with Crippen molar-refractivity contribution in [2.24, 2.45) is 0 Å². The Morgan fingerprint density at radius 1 is 1.21 bits per heavy atom. The predicted molar refractivity (Wildman–Crippen MR) is 77.8 cm³/mol. The number of hydrogen-bond donors (Lipinski definition) is 3. The fraction of sp³-hybridized carbons (Fsp3) is 0.143. The van der Waals surface area contributed by atoms with Crippen LogP contribution < -0.4 is 10.1 Å². The Morgan fingerprint density at radius 2 is 2.00 bits per heavy atom. The molecular weight excluding hydrogens is 310 g/mol. The number of anilines is 1. The molecule has 5 heteroatoms. The minimum absolute atomic E-state index is 0.107. The average Bonchev–Trinajstić information content (AvgIpc) is 2.40. The van der Waals surface area contributed by atoms with Crippen LogP contribution in [0.2, 0.25) is 0 Å². The molecule has 2 aromatic carbocycles. The Morgan fingerprint density at radius 3 is 2.74 bits per heavy atom. The van der Waals surface area contributed by atoms with E-state index in [0.717, 1.165) is 10.2 Å². The van der Waals surface area contributed by atoms with Gasteiger partial charge in [0.25, 0.3) is 0 Å². The summed E-state index contributed by atoms with van der Waals surface area (Å²) in [5.74, 6) is 0.479. The Labute approximate surface area is 119 Å². The van der Waals surface area contributed by atoms with Crippen molar-refractivity contribution >= 4 is 21.6 Å². The monoisotopic (exact) mass is 323 g/mol.